The zero-order valence-corrected chi connectivity index (χ0v) is 7.96. The SMILES string of the molecule is NC1CCc2cc(Cl)ccc2C1O. The van der Waals surface area contributed by atoms with Crippen LogP contribution in [0.25, 0.3) is 0 Å². The van der Waals surface area contributed by atoms with Gasteiger partial charge < -0.3 is 10.8 Å². The molecule has 0 aliphatic heterocycles. The highest BCUT2D eigenvalue weighted by Crippen LogP contribution is 2.30. The van der Waals surface area contributed by atoms with Crippen LogP contribution in [0.15, 0.2) is 18.2 Å². The van der Waals surface area contributed by atoms with Gasteiger partial charge in [-0.1, -0.05) is 17.7 Å². The molecule has 3 N–H and O–H groups in total. The second-order valence-electron chi connectivity index (χ2n) is 3.49. The minimum absolute atomic E-state index is 0.131. The Bertz CT molecular complexity index is 327. The van der Waals surface area contributed by atoms with Gasteiger partial charge in [-0.3, -0.25) is 0 Å². The number of benzene rings is 1. The quantitative estimate of drug-likeness (QED) is 0.665. The monoisotopic (exact) mass is 197 g/mol. The Morgan fingerprint density at radius 3 is 3.00 bits per heavy atom. The second kappa shape index (κ2) is 3.29. The first-order chi connectivity index (χ1) is 6.18. The van der Waals surface area contributed by atoms with Gasteiger partial charge in [-0.2, -0.15) is 0 Å². The van der Waals surface area contributed by atoms with Gasteiger partial charge in [-0.25, -0.2) is 0 Å². The molecule has 70 valence electrons. The molecule has 0 saturated carbocycles. The van der Waals surface area contributed by atoms with E-state index in [4.69, 9.17) is 17.3 Å². The van der Waals surface area contributed by atoms with Crippen LogP contribution >= 0.6 is 11.6 Å². The number of nitrogens with two attached hydrogens (primary N) is 1. The van der Waals surface area contributed by atoms with Crippen molar-refractivity contribution in [1.82, 2.24) is 0 Å². The highest BCUT2D eigenvalue weighted by atomic mass is 35.5. The molecule has 0 saturated heterocycles. The molecule has 0 bridgehead atoms. The van der Waals surface area contributed by atoms with Crippen LogP contribution in [0.1, 0.15) is 23.7 Å². The first-order valence-electron chi connectivity index (χ1n) is 4.40. The zero-order valence-electron chi connectivity index (χ0n) is 7.20. The molecule has 1 aliphatic rings. The van der Waals surface area contributed by atoms with Gasteiger partial charge in [-0.15, -0.1) is 0 Å². The number of aryl methyl sites for hydroxylation is 1. The smallest absolute Gasteiger partial charge is 0.0943 e. The van der Waals surface area contributed by atoms with Gasteiger partial charge in [0.15, 0.2) is 0 Å². The molecule has 1 aromatic rings. The van der Waals surface area contributed by atoms with Crippen LogP contribution in [0.5, 0.6) is 0 Å². The summed E-state index contributed by atoms with van der Waals surface area (Å²) in [5.41, 5.74) is 7.81. The van der Waals surface area contributed by atoms with Crippen molar-refractivity contribution in [3.05, 3.63) is 34.3 Å². The van der Waals surface area contributed by atoms with Gasteiger partial charge in [-0.05, 0) is 36.1 Å². The zero-order chi connectivity index (χ0) is 9.42. The lowest BCUT2D eigenvalue weighted by Gasteiger charge is -2.27. The van der Waals surface area contributed by atoms with Crippen LogP contribution in [-0.4, -0.2) is 11.1 Å². The van der Waals surface area contributed by atoms with Crippen LogP contribution in [0.3, 0.4) is 0 Å². The van der Waals surface area contributed by atoms with Gasteiger partial charge in [0.1, 0.15) is 0 Å². The van der Waals surface area contributed by atoms with E-state index in [0.717, 1.165) is 29.0 Å². The first kappa shape index (κ1) is 9.00. The average Bonchev–Trinajstić information content (AvgIpc) is 2.12. The molecule has 3 heteroatoms. The maximum Gasteiger partial charge on any atom is 0.0943 e. The van der Waals surface area contributed by atoms with Crippen molar-refractivity contribution in [3.8, 4) is 0 Å². The highest BCUT2D eigenvalue weighted by Gasteiger charge is 2.24. The van der Waals surface area contributed by atoms with Crippen LogP contribution < -0.4 is 5.73 Å². The molecule has 2 unspecified atom stereocenters. The Kier molecular flexibility index (Phi) is 2.28. The predicted octanol–water partition coefficient (Wildman–Crippen LogP) is 1.65. The summed E-state index contributed by atoms with van der Waals surface area (Å²) in [7, 11) is 0. The van der Waals surface area contributed by atoms with E-state index >= 15 is 0 Å². The molecular weight excluding hydrogens is 186 g/mol. The van der Waals surface area contributed by atoms with E-state index in [1.54, 1.807) is 6.07 Å². The van der Waals surface area contributed by atoms with Crippen molar-refractivity contribution < 1.29 is 5.11 Å². The standard InChI is InChI=1S/C10H12ClNO/c11-7-2-3-8-6(5-7)1-4-9(12)10(8)13/h2-3,5,9-10,13H,1,4,12H2. The van der Waals surface area contributed by atoms with Gasteiger partial charge in [0.05, 0.1) is 6.10 Å². The third kappa shape index (κ3) is 1.57. The molecule has 0 heterocycles. The number of hydrogen-bond donors (Lipinski definition) is 2. The molecule has 0 radical (unpaired) electrons. The molecule has 13 heavy (non-hydrogen) atoms. The van der Waals surface area contributed by atoms with Crippen molar-refractivity contribution in [2.45, 2.75) is 25.0 Å². The number of fused-ring (bicyclic) bond motifs is 1. The third-order valence-corrected chi connectivity index (χ3v) is 2.81. The topological polar surface area (TPSA) is 46.2 Å². The third-order valence-electron chi connectivity index (χ3n) is 2.58. The molecule has 1 aromatic carbocycles. The summed E-state index contributed by atoms with van der Waals surface area (Å²) >= 11 is 5.85. The van der Waals surface area contributed by atoms with Crippen molar-refractivity contribution in [2.24, 2.45) is 5.73 Å². The lowest BCUT2D eigenvalue weighted by Crippen LogP contribution is -2.32. The number of aliphatic hydroxyl groups excluding tert-OH is 1. The van der Waals surface area contributed by atoms with Crippen molar-refractivity contribution in [3.63, 3.8) is 0 Å². The number of hydrogen-bond acceptors (Lipinski definition) is 2. The largest absolute Gasteiger partial charge is 0.387 e. The first-order valence-corrected chi connectivity index (χ1v) is 4.78. The van der Waals surface area contributed by atoms with E-state index in [0.29, 0.717) is 0 Å². The molecule has 0 fully saturated rings. The molecule has 2 nitrogen and oxygen atoms in total. The summed E-state index contributed by atoms with van der Waals surface area (Å²) < 4.78 is 0. The summed E-state index contributed by atoms with van der Waals surface area (Å²) in [5, 5.41) is 10.5. The minimum atomic E-state index is -0.527. The van der Waals surface area contributed by atoms with E-state index in [1.807, 2.05) is 12.1 Å². The number of halogens is 1. The van der Waals surface area contributed by atoms with Gasteiger partial charge in [0, 0.05) is 11.1 Å². The maximum absolute atomic E-state index is 9.75. The Morgan fingerprint density at radius 2 is 2.23 bits per heavy atom. The van der Waals surface area contributed by atoms with Crippen LogP contribution in [-0.2, 0) is 6.42 Å². The fourth-order valence-corrected chi connectivity index (χ4v) is 1.98. The average molecular weight is 198 g/mol. The van der Waals surface area contributed by atoms with E-state index in [-0.39, 0.29) is 6.04 Å². The maximum atomic E-state index is 9.75. The molecule has 0 amide bonds. The Morgan fingerprint density at radius 1 is 1.46 bits per heavy atom. The van der Waals surface area contributed by atoms with Gasteiger partial charge in [0.2, 0.25) is 0 Å². The van der Waals surface area contributed by atoms with E-state index < -0.39 is 6.10 Å². The van der Waals surface area contributed by atoms with Crippen LogP contribution in [0.2, 0.25) is 5.02 Å². The van der Waals surface area contributed by atoms with E-state index in [1.165, 1.54) is 0 Å². The summed E-state index contributed by atoms with van der Waals surface area (Å²) in [5.74, 6) is 0. The summed E-state index contributed by atoms with van der Waals surface area (Å²) in [6.07, 6.45) is 1.21. The normalized spacial score (nSPS) is 27.0. The predicted molar refractivity (Wildman–Crippen MR) is 52.7 cm³/mol. The second-order valence-corrected chi connectivity index (χ2v) is 3.93. The molecule has 0 aromatic heterocycles. The molecule has 2 rings (SSSR count). The van der Waals surface area contributed by atoms with E-state index in [9.17, 15) is 5.11 Å². The lowest BCUT2D eigenvalue weighted by atomic mass is 9.86. The number of rotatable bonds is 0. The summed E-state index contributed by atoms with van der Waals surface area (Å²) in [6.45, 7) is 0. The van der Waals surface area contributed by atoms with Gasteiger partial charge >= 0.3 is 0 Å². The Hall–Kier alpha value is -0.570. The molecule has 1 aliphatic carbocycles. The van der Waals surface area contributed by atoms with Crippen molar-refractivity contribution in [2.75, 3.05) is 0 Å². The Labute approximate surface area is 82.3 Å². The highest BCUT2D eigenvalue weighted by molar-refractivity contribution is 6.30. The van der Waals surface area contributed by atoms with Crippen LogP contribution in [0.4, 0.5) is 0 Å². The summed E-state index contributed by atoms with van der Waals surface area (Å²) in [4.78, 5) is 0. The fraction of sp³-hybridized carbons (Fsp3) is 0.400. The molecule has 0 spiro atoms. The van der Waals surface area contributed by atoms with Crippen molar-refractivity contribution in [1.29, 1.82) is 0 Å². The summed E-state index contributed by atoms with van der Waals surface area (Å²) in [6, 6.07) is 5.43. The lowest BCUT2D eigenvalue weighted by molar-refractivity contribution is 0.134. The molecule has 2 atom stereocenters. The molecular formula is C10H12ClNO. The Balaban J connectivity index is 2.44. The fourth-order valence-electron chi connectivity index (χ4n) is 1.79. The minimum Gasteiger partial charge on any atom is -0.387 e. The van der Waals surface area contributed by atoms with E-state index in [2.05, 4.69) is 0 Å². The van der Waals surface area contributed by atoms with Gasteiger partial charge in [0.25, 0.3) is 0 Å². The van der Waals surface area contributed by atoms with Crippen molar-refractivity contribution >= 4 is 11.6 Å². The van der Waals surface area contributed by atoms with Crippen LogP contribution in [0, 0.1) is 0 Å². The number of aliphatic hydroxyl groups is 1.